The fourth-order valence-electron chi connectivity index (χ4n) is 2.59. The van der Waals surface area contributed by atoms with Crippen LogP contribution in [0, 0.1) is 0 Å². The molecule has 0 amide bonds. The van der Waals surface area contributed by atoms with Crippen LogP contribution in [0.5, 0.6) is 5.75 Å². The Labute approximate surface area is 127 Å². The van der Waals surface area contributed by atoms with Crippen molar-refractivity contribution in [3.63, 3.8) is 0 Å². The minimum atomic E-state index is -0.0358. The number of benzene rings is 2. The fourth-order valence-corrected chi connectivity index (χ4v) is 2.59. The minimum absolute atomic E-state index is 0.0358. The Morgan fingerprint density at radius 3 is 2.14 bits per heavy atom. The molecule has 2 aromatic carbocycles. The lowest BCUT2D eigenvalue weighted by Crippen LogP contribution is -2.31. The van der Waals surface area contributed by atoms with E-state index in [0.717, 1.165) is 11.3 Å². The maximum atomic E-state index is 5.84. The second-order valence-corrected chi connectivity index (χ2v) is 6.21. The van der Waals surface area contributed by atoms with Crippen molar-refractivity contribution in [2.75, 3.05) is 7.11 Å². The van der Waals surface area contributed by atoms with Crippen molar-refractivity contribution in [1.29, 1.82) is 0 Å². The number of ether oxygens (including phenoxy) is 1. The number of nitrogens with two attached hydrogens (primary N) is 1. The van der Waals surface area contributed by atoms with E-state index in [1.54, 1.807) is 7.11 Å². The molecule has 0 aromatic heterocycles. The molecule has 0 spiro atoms. The first-order valence-electron chi connectivity index (χ1n) is 7.17. The third kappa shape index (κ3) is 3.43. The molecular weight excluding hydrogens is 260 g/mol. The smallest absolute Gasteiger partial charge is 0.118 e. The van der Waals surface area contributed by atoms with Gasteiger partial charge in [-0.2, -0.15) is 0 Å². The fraction of sp³-hybridized carbons (Fsp3) is 0.333. The molecule has 112 valence electrons. The van der Waals surface area contributed by atoms with Crippen LogP contribution in [0.1, 0.15) is 43.5 Å². The first kappa shape index (κ1) is 15.5. The van der Waals surface area contributed by atoms with E-state index in [0.29, 0.717) is 0 Å². The van der Waals surface area contributed by atoms with Gasteiger partial charge in [0.1, 0.15) is 5.75 Å². The largest absolute Gasteiger partial charge is 0.497 e. The highest BCUT2D eigenvalue weighted by molar-refractivity contribution is 5.41. The topological polar surface area (TPSA) is 47.3 Å². The lowest BCUT2D eigenvalue weighted by molar-refractivity contribution is 0.414. The SMILES string of the molecule is COc1ccc(C(NN)c2ccccc2C(C)(C)C)cc1. The molecule has 3 heteroatoms. The van der Waals surface area contributed by atoms with Crippen LogP contribution in [0.2, 0.25) is 0 Å². The van der Waals surface area contributed by atoms with Crippen molar-refractivity contribution in [3.05, 3.63) is 65.2 Å². The molecule has 0 fully saturated rings. The average Bonchev–Trinajstić information content (AvgIpc) is 2.48. The van der Waals surface area contributed by atoms with Crippen LogP contribution in [-0.4, -0.2) is 7.11 Å². The summed E-state index contributed by atoms with van der Waals surface area (Å²) in [6.07, 6.45) is 0. The van der Waals surface area contributed by atoms with Crippen molar-refractivity contribution in [2.45, 2.75) is 32.2 Å². The molecule has 1 atom stereocenters. The van der Waals surface area contributed by atoms with Crippen LogP contribution >= 0.6 is 0 Å². The first-order chi connectivity index (χ1) is 9.97. The standard InChI is InChI=1S/C18H24N2O/c1-18(2,3)16-8-6-5-7-15(16)17(20-19)13-9-11-14(21-4)12-10-13/h5-12,17,20H,19H2,1-4H3. The van der Waals surface area contributed by atoms with Crippen molar-refractivity contribution >= 4 is 0 Å². The van der Waals surface area contributed by atoms with Gasteiger partial charge in [-0.15, -0.1) is 0 Å². The monoisotopic (exact) mass is 284 g/mol. The Morgan fingerprint density at radius 1 is 1.00 bits per heavy atom. The van der Waals surface area contributed by atoms with E-state index in [1.165, 1.54) is 11.1 Å². The second-order valence-electron chi connectivity index (χ2n) is 6.21. The van der Waals surface area contributed by atoms with E-state index in [-0.39, 0.29) is 11.5 Å². The van der Waals surface area contributed by atoms with E-state index in [1.807, 2.05) is 24.3 Å². The number of nitrogens with one attached hydrogen (secondary N) is 1. The minimum Gasteiger partial charge on any atom is -0.497 e. The molecular formula is C18H24N2O. The molecule has 0 radical (unpaired) electrons. The van der Waals surface area contributed by atoms with E-state index in [4.69, 9.17) is 10.6 Å². The number of hydrogen-bond donors (Lipinski definition) is 2. The molecule has 0 bridgehead atoms. The number of hydrogen-bond acceptors (Lipinski definition) is 3. The summed E-state index contributed by atoms with van der Waals surface area (Å²) in [5, 5.41) is 0. The van der Waals surface area contributed by atoms with E-state index in [2.05, 4.69) is 50.5 Å². The van der Waals surface area contributed by atoms with Gasteiger partial charge in [-0.05, 0) is 34.2 Å². The normalized spacial score (nSPS) is 13.0. The zero-order chi connectivity index (χ0) is 15.5. The van der Waals surface area contributed by atoms with Crippen molar-refractivity contribution in [2.24, 2.45) is 5.84 Å². The Balaban J connectivity index is 2.46. The summed E-state index contributed by atoms with van der Waals surface area (Å²) in [7, 11) is 1.67. The van der Waals surface area contributed by atoms with Crippen LogP contribution in [-0.2, 0) is 5.41 Å². The molecule has 0 heterocycles. The second kappa shape index (κ2) is 6.29. The molecule has 2 rings (SSSR count). The predicted molar refractivity (Wildman–Crippen MR) is 87.3 cm³/mol. The zero-order valence-electron chi connectivity index (χ0n) is 13.2. The van der Waals surface area contributed by atoms with Gasteiger partial charge in [0, 0.05) is 0 Å². The number of rotatable bonds is 4. The lowest BCUT2D eigenvalue weighted by atomic mass is 9.80. The number of hydrazine groups is 1. The van der Waals surface area contributed by atoms with Crippen LogP contribution in [0.4, 0.5) is 0 Å². The van der Waals surface area contributed by atoms with Gasteiger partial charge in [0.05, 0.1) is 13.2 Å². The predicted octanol–water partition coefficient (Wildman–Crippen LogP) is 3.55. The third-order valence-electron chi connectivity index (χ3n) is 3.70. The molecule has 0 aliphatic carbocycles. The quantitative estimate of drug-likeness (QED) is 0.667. The lowest BCUT2D eigenvalue weighted by Gasteiger charge is -2.27. The highest BCUT2D eigenvalue weighted by Crippen LogP contribution is 2.32. The summed E-state index contributed by atoms with van der Waals surface area (Å²) in [5.41, 5.74) is 6.63. The highest BCUT2D eigenvalue weighted by Gasteiger charge is 2.22. The molecule has 0 saturated heterocycles. The van der Waals surface area contributed by atoms with Gasteiger partial charge < -0.3 is 4.74 Å². The zero-order valence-corrected chi connectivity index (χ0v) is 13.2. The van der Waals surface area contributed by atoms with Crippen LogP contribution in [0.3, 0.4) is 0 Å². The average molecular weight is 284 g/mol. The molecule has 3 N–H and O–H groups in total. The molecule has 0 aliphatic rings. The van der Waals surface area contributed by atoms with Gasteiger partial charge >= 0.3 is 0 Å². The van der Waals surface area contributed by atoms with E-state index in [9.17, 15) is 0 Å². The van der Waals surface area contributed by atoms with Gasteiger partial charge in [-0.3, -0.25) is 5.84 Å². The van der Waals surface area contributed by atoms with Crippen LogP contribution in [0.15, 0.2) is 48.5 Å². The van der Waals surface area contributed by atoms with Crippen LogP contribution in [0.25, 0.3) is 0 Å². The Morgan fingerprint density at radius 2 is 1.62 bits per heavy atom. The summed E-state index contributed by atoms with van der Waals surface area (Å²) >= 11 is 0. The van der Waals surface area contributed by atoms with E-state index >= 15 is 0 Å². The maximum absolute atomic E-state index is 5.84. The van der Waals surface area contributed by atoms with Gasteiger partial charge in [0.2, 0.25) is 0 Å². The van der Waals surface area contributed by atoms with Gasteiger partial charge in [0.15, 0.2) is 0 Å². The molecule has 1 unspecified atom stereocenters. The molecule has 2 aromatic rings. The summed E-state index contributed by atoms with van der Waals surface area (Å²) in [5.74, 6) is 6.68. The van der Waals surface area contributed by atoms with Gasteiger partial charge in [-0.1, -0.05) is 57.2 Å². The number of methoxy groups -OCH3 is 1. The summed E-state index contributed by atoms with van der Waals surface area (Å²) in [6.45, 7) is 6.65. The van der Waals surface area contributed by atoms with Crippen molar-refractivity contribution < 1.29 is 4.74 Å². The van der Waals surface area contributed by atoms with Crippen molar-refractivity contribution in [1.82, 2.24) is 5.43 Å². The Bertz CT molecular complexity index is 585. The summed E-state index contributed by atoms with van der Waals surface area (Å²) < 4.78 is 5.21. The molecule has 0 aliphatic heterocycles. The molecule has 21 heavy (non-hydrogen) atoms. The van der Waals surface area contributed by atoms with Crippen molar-refractivity contribution in [3.8, 4) is 5.75 Å². The van der Waals surface area contributed by atoms with Crippen LogP contribution < -0.4 is 16.0 Å². The third-order valence-corrected chi connectivity index (χ3v) is 3.70. The highest BCUT2D eigenvalue weighted by atomic mass is 16.5. The molecule has 0 saturated carbocycles. The summed E-state index contributed by atoms with van der Waals surface area (Å²) in [4.78, 5) is 0. The van der Waals surface area contributed by atoms with Gasteiger partial charge in [0.25, 0.3) is 0 Å². The Kier molecular flexibility index (Phi) is 4.66. The maximum Gasteiger partial charge on any atom is 0.118 e. The van der Waals surface area contributed by atoms with E-state index < -0.39 is 0 Å². The first-order valence-corrected chi connectivity index (χ1v) is 7.17. The summed E-state index contributed by atoms with van der Waals surface area (Å²) in [6, 6.07) is 16.4. The van der Waals surface area contributed by atoms with Gasteiger partial charge in [-0.25, -0.2) is 5.43 Å². The Hall–Kier alpha value is -1.84. The molecule has 3 nitrogen and oxygen atoms in total.